The number of nitrogens with one attached hydrogen (secondary N) is 1. The van der Waals surface area contributed by atoms with Crippen molar-refractivity contribution >= 4 is 11.3 Å². The van der Waals surface area contributed by atoms with Gasteiger partial charge in [-0.2, -0.15) is 10.2 Å². The minimum Gasteiger partial charge on any atom is -0.378 e. The molecule has 98 valence electrons. The Morgan fingerprint density at radius 3 is 2.95 bits per heavy atom. The molecule has 0 amide bonds. The van der Waals surface area contributed by atoms with Crippen LogP contribution in [0.1, 0.15) is 18.2 Å². The molecule has 0 unspecified atom stereocenters. The molecule has 3 heterocycles. The summed E-state index contributed by atoms with van der Waals surface area (Å²) in [7, 11) is 0. The maximum Gasteiger partial charge on any atom is 0.155 e. The summed E-state index contributed by atoms with van der Waals surface area (Å²) in [6.45, 7) is 5.61. The average molecular weight is 256 g/mol. The lowest BCUT2D eigenvalue weighted by atomic mass is 10.3. The lowest BCUT2D eigenvalue weighted by molar-refractivity contribution is 0.660. The summed E-state index contributed by atoms with van der Waals surface area (Å²) in [5, 5.41) is 11.9. The minimum absolute atomic E-state index is 0.706. The van der Waals surface area contributed by atoms with Crippen LogP contribution in [0.2, 0.25) is 0 Å². The molecule has 0 aliphatic heterocycles. The van der Waals surface area contributed by atoms with Crippen LogP contribution in [0.3, 0.4) is 0 Å². The van der Waals surface area contributed by atoms with Crippen LogP contribution >= 0.6 is 0 Å². The van der Waals surface area contributed by atoms with Gasteiger partial charge in [-0.1, -0.05) is 0 Å². The van der Waals surface area contributed by atoms with Gasteiger partial charge in [0.1, 0.15) is 0 Å². The molecule has 19 heavy (non-hydrogen) atoms. The Labute approximate surface area is 111 Å². The molecule has 0 aromatic carbocycles. The standard InChI is InChI=1S/C13H16N6/c1-3-18-9-12(7-16-18)14-5-11-6-15-13-4-10(2)17-19(13)8-11/h4,6-9,14H,3,5H2,1-2H3. The first-order chi connectivity index (χ1) is 9.24. The molecule has 0 atom stereocenters. The van der Waals surface area contributed by atoms with Gasteiger partial charge in [0.25, 0.3) is 0 Å². The number of nitrogens with zero attached hydrogens (tertiary/aromatic N) is 5. The number of anilines is 1. The van der Waals surface area contributed by atoms with Gasteiger partial charge in [0, 0.05) is 43.3 Å². The van der Waals surface area contributed by atoms with E-state index in [-0.39, 0.29) is 0 Å². The van der Waals surface area contributed by atoms with Gasteiger partial charge in [-0.3, -0.25) is 4.68 Å². The van der Waals surface area contributed by atoms with Gasteiger partial charge in [-0.25, -0.2) is 9.50 Å². The van der Waals surface area contributed by atoms with Gasteiger partial charge in [0.15, 0.2) is 5.65 Å². The maximum absolute atomic E-state index is 4.38. The van der Waals surface area contributed by atoms with Crippen LogP contribution in [-0.4, -0.2) is 24.4 Å². The molecule has 6 nitrogen and oxygen atoms in total. The fraction of sp³-hybridized carbons (Fsp3) is 0.308. The summed E-state index contributed by atoms with van der Waals surface area (Å²) >= 11 is 0. The Kier molecular flexibility index (Phi) is 2.91. The van der Waals surface area contributed by atoms with Gasteiger partial charge in [-0.15, -0.1) is 0 Å². The van der Waals surface area contributed by atoms with Crippen LogP contribution in [0.4, 0.5) is 5.69 Å². The number of rotatable bonds is 4. The van der Waals surface area contributed by atoms with E-state index >= 15 is 0 Å². The maximum atomic E-state index is 4.38. The highest BCUT2D eigenvalue weighted by molar-refractivity contribution is 5.41. The van der Waals surface area contributed by atoms with E-state index in [4.69, 9.17) is 0 Å². The molecular formula is C13H16N6. The highest BCUT2D eigenvalue weighted by Gasteiger charge is 2.02. The normalized spacial score (nSPS) is 11.1. The number of hydrogen-bond donors (Lipinski definition) is 1. The molecule has 3 aromatic heterocycles. The molecule has 0 radical (unpaired) electrons. The van der Waals surface area contributed by atoms with Crippen molar-refractivity contribution in [3.8, 4) is 0 Å². The van der Waals surface area contributed by atoms with E-state index < -0.39 is 0 Å². The van der Waals surface area contributed by atoms with E-state index in [1.807, 2.05) is 47.0 Å². The van der Waals surface area contributed by atoms with Crippen molar-refractivity contribution in [3.63, 3.8) is 0 Å². The lowest BCUT2D eigenvalue weighted by Crippen LogP contribution is -2.02. The molecule has 0 saturated carbocycles. The zero-order chi connectivity index (χ0) is 13.2. The number of fused-ring (bicyclic) bond motifs is 1. The molecule has 0 fully saturated rings. The summed E-state index contributed by atoms with van der Waals surface area (Å²) in [5.74, 6) is 0. The molecular weight excluding hydrogens is 240 g/mol. The first-order valence-corrected chi connectivity index (χ1v) is 6.32. The SMILES string of the molecule is CCn1cc(NCc2cnc3cc(C)nn3c2)cn1. The molecule has 0 aliphatic rings. The molecule has 1 N–H and O–H groups in total. The predicted molar refractivity (Wildman–Crippen MR) is 73.0 cm³/mol. The van der Waals surface area contributed by atoms with Crippen molar-refractivity contribution in [2.45, 2.75) is 26.9 Å². The molecule has 0 spiro atoms. The van der Waals surface area contributed by atoms with Crippen LogP contribution < -0.4 is 5.32 Å². The summed E-state index contributed by atoms with van der Waals surface area (Å²) in [6, 6.07) is 1.96. The monoisotopic (exact) mass is 256 g/mol. The number of hydrogen-bond acceptors (Lipinski definition) is 4. The van der Waals surface area contributed by atoms with Gasteiger partial charge >= 0.3 is 0 Å². The second-order valence-electron chi connectivity index (χ2n) is 4.49. The third-order valence-corrected chi connectivity index (χ3v) is 2.94. The third kappa shape index (κ3) is 2.42. The van der Waals surface area contributed by atoms with Crippen LogP contribution in [0.25, 0.3) is 5.65 Å². The quantitative estimate of drug-likeness (QED) is 0.774. The van der Waals surface area contributed by atoms with E-state index in [0.717, 1.165) is 29.1 Å². The van der Waals surface area contributed by atoms with Crippen molar-refractivity contribution in [1.29, 1.82) is 0 Å². The van der Waals surface area contributed by atoms with Gasteiger partial charge in [-0.05, 0) is 13.8 Å². The smallest absolute Gasteiger partial charge is 0.155 e. The van der Waals surface area contributed by atoms with Crippen LogP contribution in [0, 0.1) is 6.92 Å². The zero-order valence-corrected chi connectivity index (χ0v) is 11.0. The van der Waals surface area contributed by atoms with Crippen molar-refractivity contribution in [3.05, 3.63) is 42.1 Å². The Hall–Kier alpha value is -2.37. The Balaban J connectivity index is 1.73. The first-order valence-electron chi connectivity index (χ1n) is 6.32. The predicted octanol–water partition coefficient (Wildman–Crippen LogP) is 1.87. The summed E-state index contributed by atoms with van der Waals surface area (Å²) < 4.78 is 3.70. The fourth-order valence-electron chi connectivity index (χ4n) is 1.96. The van der Waals surface area contributed by atoms with E-state index in [1.165, 1.54) is 0 Å². The summed E-state index contributed by atoms with van der Waals surface area (Å²) in [5.41, 5.74) is 3.94. The third-order valence-electron chi connectivity index (χ3n) is 2.94. The first kappa shape index (κ1) is 11.7. The average Bonchev–Trinajstić information content (AvgIpc) is 3.00. The highest BCUT2D eigenvalue weighted by atomic mass is 15.3. The minimum atomic E-state index is 0.706. The van der Waals surface area contributed by atoms with Crippen molar-refractivity contribution in [1.82, 2.24) is 24.4 Å². The molecule has 3 rings (SSSR count). The zero-order valence-electron chi connectivity index (χ0n) is 11.0. The van der Waals surface area contributed by atoms with E-state index in [0.29, 0.717) is 6.54 Å². The van der Waals surface area contributed by atoms with Gasteiger partial charge in [0.2, 0.25) is 0 Å². The fourth-order valence-corrected chi connectivity index (χ4v) is 1.96. The van der Waals surface area contributed by atoms with E-state index in [9.17, 15) is 0 Å². The molecule has 6 heteroatoms. The number of aryl methyl sites for hydroxylation is 2. The summed E-state index contributed by atoms with van der Waals surface area (Å²) in [6.07, 6.45) is 7.68. The van der Waals surface area contributed by atoms with Gasteiger partial charge in [0.05, 0.1) is 17.6 Å². The van der Waals surface area contributed by atoms with Gasteiger partial charge < -0.3 is 5.32 Å². The molecule has 0 bridgehead atoms. The second-order valence-corrected chi connectivity index (χ2v) is 4.49. The Morgan fingerprint density at radius 1 is 1.26 bits per heavy atom. The highest BCUT2D eigenvalue weighted by Crippen LogP contribution is 2.09. The summed E-state index contributed by atoms with van der Waals surface area (Å²) in [4.78, 5) is 4.38. The largest absolute Gasteiger partial charge is 0.378 e. The second kappa shape index (κ2) is 4.72. The Morgan fingerprint density at radius 2 is 2.16 bits per heavy atom. The molecule has 0 aliphatic carbocycles. The topological polar surface area (TPSA) is 60.0 Å². The molecule has 0 saturated heterocycles. The van der Waals surface area contributed by atoms with Crippen molar-refractivity contribution in [2.24, 2.45) is 0 Å². The Bertz CT molecular complexity index is 696. The van der Waals surface area contributed by atoms with Crippen molar-refractivity contribution < 1.29 is 0 Å². The van der Waals surface area contributed by atoms with E-state index in [2.05, 4.69) is 27.4 Å². The van der Waals surface area contributed by atoms with Crippen LogP contribution in [-0.2, 0) is 13.1 Å². The number of aromatic nitrogens is 5. The molecule has 3 aromatic rings. The lowest BCUT2D eigenvalue weighted by Gasteiger charge is -2.03. The van der Waals surface area contributed by atoms with E-state index in [1.54, 1.807) is 0 Å². The van der Waals surface area contributed by atoms with Crippen LogP contribution in [0.15, 0.2) is 30.9 Å². The van der Waals surface area contributed by atoms with Crippen LogP contribution in [0.5, 0.6) is 0 Å². The van der Waals surface area contributed by atoms with Crippen molar-refractivity contribution in [2.75, 3.05) is 5.32 Å².